The molecule has 2 heterocycles. The quantitative estimate of drug-likeness (QED) is 0.855. The summed E-state index contributed by atoms with van der Waals surface area (Å²) in [6.45, 7) is 6.48. The summed E-state index contributed by atoms with van der Waals surface area (Å²) in [5.41, 5.74) is 1.35. The van der Waals surface area contributed by atoms with Crippen molar-refractivity contribution in [2.45, 2.75) is 39.7 Å². The first-order valence-corrected chi connectivity index (χ1v) is 7.19. The molecule has 2 aromatic rings. The van der Waals surface area contributed by atoms with Gasteiger partial charge in [0.25, 0.3) is 11.7 Å². The van der Waals surface area contributed by atoms with Crippen LogP contribution in [0, 0.1) is 0 Å². The molecule has 0 saturated heterocycles. The predicted molar refractivity (Wildman–Crippen MR) is 78.0 cm³/mol. The van der Waals surface area contributed by atoms with E-state index in [9.17, 15) is 4.79 Å². The highest BCUT2D eigenvalue weighted by molar-refractivity contribution is 5.95. The molecule has 0 saturated carbocycles. The lowest BCUT2D eigenvalue weighted by Gasteiger charge is -2.27. The molecule has 0 aliphatic rings. The Balaban J connectivity index is 2.41. The van der Waals surface area contributed by atoms with Gasteiger partial charge in [-0.1, -0.05) is 6.92 Å². The second-order valence-electron chi connectivity index (χ2n) is 5.11. The fourth-order valence-electron chi connectivity index (χ4n) is 2.33. The van der Waals surface area contributed by atoms with Gasteiger partial charge in [-0.15, -0.1) is 0 Å². The minimum Gasteiger partial charge on any atom is -0.396 e. The first-order valence-electron chi connectivity index (χ1n) is 7.19. The van der Waals surface area contributed by atoms with Gasteiger partial charge >= 0.3 is 0 Å². The summed E-state index contributed by atoms with van der Waals surface area (Å²) in [6.07, 6.45) is 4.22. The van der Waals surface area contributed by atoms with Gasteiger partial charge in [0.2, 0.25) is 0 Å². The highest BCUT2D eigenvalue weighted by Crippen LogP contribution is 2.15. The first kappa shape index (κ1) is 15.4. The lowest BCUT2D eigenvalue weighted by Crippen LogP contribution is -2.38. The molecule has 2 rings (SSSR count). The van der Waals surface area contributed by atoms with E-state index in [-0.39, 0.29) is 18.6 Å². The molecule has 0 aliphatic carbocycles. The number of hydrogen-bond donors (Lipinski definition) is 1. The van der Waals surface area contributed by atoms with Crippen LogP contribution in [0.3, 0.4) is 0 Å². The monoisotopic (exact) mass is 291 g/mol. The zero-order chi connectivity index (χ0) is 15.4. The fourth-order valence-corrected chi connectivity index (χ4v) is 2.33. The van der Waals surface area contributed by atoms with Crippen LogP contribution >= 0.6 is 0 Å². The van der Waals surface area contributed by atoms with Gasteiger partial charge in [-0.25, -0.2) is 9.50 Å². The molecular weight excluding hydrogens is 270 g/mol. The van der Waals surface area contributed by atoms with E-state index >= 15 is 0 Å². The summed E-state index contributed by atoms with van der Waals surface area (Å²) in [5.74, 6) is 0.412. The Labute approximate surface area is 123 Å². The third-order valence-corrected chi connectivity index (χ3v) is 3.41. The average molecular weight is 291 g/mol. The van der Waals surface area contributed by atoms with Crippen LogP contribution < -0.4 is 0 Å². The number of amides is 1. The molecule has 0 radical (unpaired) electrons. The van der Waals surface area contributed by atoms with Crippen LogP contribution in [0.15, 0.2) is 12.5 Å². The number of carbonyl (C=O) groups is 1. The zero-order valence-corrected chi connectivity index (χ0v) is 12.7. The van der Waals surface area contributed by atoms with Gasteiger partial charge in [0.05, 0.1) is 11.3 Å². The maximum absolute atomic E-state index is 12.8. The van der Waals surface area contributed by atoms with E-state index in [4.69, 9.17) is 5.11 Å². The van der Waals surface area contributed by atoms with Gasteiger partial charge in [-0.2, -0.15) is 10.1 Å². The van der Waals surface area contributed by atoms with E-state index in [2.05, 4.69) is 15.1 Å². The Bertz CT molecular complexity index is 623. The third-order valence-electron chi connectivity index (χ3n) is 3.41. The number of aromatic nitrogens is 4. The SMILES string of the molecule is CCc1c(C(=O)N(CCCO)C(C)C)cnc2ncnn12. The number of fused-ring (bicyclic) bond motifs is 1. The van der Waals surface area contributed by atoms with E-state index < -0.39 is 0 Å². The van der Waals surface area contributed by atoms with Gasteiger partial charge in [-0.05, 0) is 26.7 Å². The highest BCUT2D eigenvalue weighted by Gasteiger charge is 2.23. The van der Waals surface area contributed by atoms with Crippen LogP contribution in [-0.4, -0.2) is 54.7 Å². The van der Waals surface area contributed by atoms with Crippen molar-refractivity contribution in [3.05, 3.63) is 23.8 Å². The molecule has 0 spiro atoms. The Morgan fingerprint density at radius 1 is 1.43 bits per heavy atom. The maximum Gasteiger partial charge on any atom is 0.257 e. The van der Waals surface area contributed by atoms with Crippen molar-refractivity contribution in [2.75, 3.05) is 13.2 Å². The van der Waals surface area contributed by atoms with E-state index in [1.165, 1.54) is 6.33 Å². The van der Waals surface area contributed by atoms with E-state index in [0.29, 0.717) is 30.7 Å². The van der Waals surface area contributed by atoms with Crippen LogP contribution in [0.5, 0.6) is 0 Å². The molecular formula is C14H21N5O2. The number of carbonyl (C=O) groups excluding carboxylic acids is 1. The molecule has 7 nitrogen and oxygen atoms in total. The molecule has 0 unspecified atom stereocenters. The second kappa shape index (κ2) is 6.62. The Morgan fingerprint density at radius 3 is 2.81 bits per heavy atom. The zero-order valence-electron chi connectivity index (χ0n) is 12.7. The maximum atomic E-state index is 12.8. The summed E-state index contributed by atoms with van der Waals surface area (Å²) < 4.78 is 1.61. The number of hydrogen-bond acceptors (Lipinski definition) is 5. The van der Waals surface area contributed by atoms with Gasteiger partial charge in [0.15, 0.2) is 0 Å². The molecule has 1 amide bonds. The van der Waals surface area contributed by atoms with Crippen molar-refractivity contribution in [1.29, 1.82) is 0 Å². The Hall–Kier alpha value is -2.02. The number of aliphatic hydroxyl groups excluding tert-OH is 1. The molecule has 114 valence electrons. The van der Waals surface area contributed by atoms with Crippen molar-refractivity contribution in [2.24, 2.45) is 0 Å². The highest BCUT2D eigenvalue weighted by atomic mass is 16.3. The predicted octanol–water partition coefficient (Wildman–Crippen LogP) is 0.920. The van der Waals surface area contributed by atoms with Crippen molar-refractivity contribution in [1.82, 2.24) is 24.5 Å². The fraction of sp³-hybridized carbons (Fsp3) is 0.571. The summed E-state index contributed by atoms with van der Waals surface area (Å²) in [4.78, 5) is 22.8. The summed E-state index contributed by atoms with van der Waals surface area (Å²) in [6, 6.07) is 0.0557. The van der Waals surface area contributed by atoms with Crippen molar-refractivity contribution in [3.8, 4) is 0 Å². The first-order chi connectivity index (χ1) is 10.1. The van der Waals surface area contributed by atoms with Gasteiger partial charge in [-0.3, -0.25) is 4.79 Å². The minimum absolute atomic E-state index is 0.0557. The van der Waals surface area contributed by atoms with Crippen LogP contribution in [0.4, 0.5) is 0 Å². The molecule has 0 fully saturated rings. The number of nitrogens with zero attached hydrogens (tertiary/aromatic N) is 5. The van der Waals surface area contributed by atoms with Crippen LogP contribution in [-0.2, 0) is 6.42 Å². The number of rotatable bonds is 6. The molecule has 0 atom stereocenters. The van der Waals surface area contributed by atoms with E-state index in [1.807, 2.05) is 20.8 Å². The summed E-state index contributed by atoms with van der Waals surface area (Å²) in [7, 11) is 0. The summed E-state index contributed by atoms with van der Waals surface area (Å²) in [5, 5.41) is 13.1. The molecule has 7 heteroatoms. The summed E-state index contributed by atoms with van der Waals surface area (Å²) >= 11 is 0. The van der Waals surface area contributed by atoms with E-state index in [0.717, 1.165) is 5.69 Å². The molecule has 0 bridgehead atoms. The average Bonchev–Trinajstić information content (AvgIpc) is 2.94. The number of aliphatic hydroxyl groups is 1. The lowest BCUT2D eigenvalue weighted by atomic mass is 10.1. The second-order valence-corrected chi connectivity index (χ2v) is 5.11. The van der Waals surface area contributed by atoms with E-state index in [1.54, 1.807) is 15.6 Å². The third kappa shape index (κ3) is 3.02. The van der Waals surface area contributed by atoms with Crippen LogP contribution in [0.2, 0.25) is 0 Å². The Kier molecular flexibility index (Phi) is 4.85. The van der Waals surface area contributed by atoms with Gasteiger partial charge in [0.1, 0.15) is 6.33 Å². The van der Waals surface area contributed by atoms with Crippen molar-refractivity contribution >= 4 is 11.7 Å². The lowest BCUT2D eigenvalue weighted by molar-refractivity contribution is 0.0690. The molecule has 2 aromatic heterocycles. The van der Waals surface area contributed by atoms with Gasteiger partial charge < -0.3 is 10.0 Å². The minimum atomic E-state index is -0.0831. The molecule has 1 N–H and O–H groups in total. The van der Waals surface area contributed by atoms with Crippen LogP contribution in [0.25, 0.3) is 5.78 Å². The van der Waals surface area contributed by atoms with Gasteiger partial charge in [0, 0.05) is 25.4 Å². The molecule has 0 aromatic carbocycles. The van der Waals surface area contributed by atoms with Crippen molar-refractivity contribution < 1.29 is 9.90 Å². The molecule has 0 aliphatic heterocycles. The topological polar surface area (TPSA) is 83.6 Å². The Morgan fingerprint density at radius 2 is 2.19 bits per heavy atom. The van der Waals surface area contributed by atoms with Crippen molar-refractivity contribution in [3.63, 3.8) is 0 Å². The number of aryl methyl sites for hydroxylation is 1. The smallest absolute Gasteiger partial charge is 0.257 e. The van der Waals surface area contributed by atoms with Crippen LogP contribution in [0.1, 0.15) is 43.2 Å². The standard InChI is InChI=1S/C14H21N5O2/c1-4-12-11(8-15-14-16-9-17-19(12)14)13(21)18(10(2)3)6-5-7-20/h8-10,20H,4-7H2,1-3H3. The molecule has 21 heavy (non-hydrogen) atoms. The largest absolute Gasteiger partial charge is 0.396 e. The normalized spacial score (nSPS) is 11.3.